The van der Waals surface area contributed by atoms with Gasteiger partial charge in [0.2, 0.25) is 0 Å². The maximum Gasteiger partial charge on any atom is 0.273 e. The van der Waals surface area contributed by atoms with Crippen molar-refractivity contribution in [2.24, 2.45) is 0 Å². The van der Waals surface area contributed by atoms with E-state index in [1.165, 1.54) is 24.6 Å². The normalized spacial score (nSPS) is 10.6. The summed E-state index contributed by atoms with van der Waals surface area (Å²) in [5.41, 5.74) is 3.82. The molecule has 0 saturated carbocycles. The molecular formula is C16H16N4O2S. The van der Waals surface area contributed by atoms with Gasteiger partial charge in [-0.1, -0.05) is 11.3 Å². The Labute approximate surface area is 137 Å². The van der Waals surface area contributed by atoms with Crippen LogP contribution in [-0.2, 0) is 0 Å². The van der Waals surface area contributed by atoms with Gasteiger partial charge in [0, 0.05) is 17.1 Å². The van der Waals surface area contributed by atoms with Crippen LogP contribution in [0.5, 0.6) is 5.19 Å². The SMILES string of the molecule is COc1ncc(C(=O)Nc2ccc(-n3cnc(C)c3C)cc2)s1. The molecule has 0 atom stereocenters. The van der Waals surface area contributed by atoms with Gasteiger partial charge in [-0.3, -0.25) is 4.79 Å². The minimum atomic E-state index is -0.201. The molecule has 6 nitrogen and oxygen atoms in total. The molecule has 0 aliphatic heterocycles. The Morgan fingerprint density at radius 1 is 1.22 bits per heavy atom. The Bertz CT molecular complexity index is 836. The van der Waals surface area contributed by atoms with E-state index < -0.39 is 0 Å². The smallest absolute Gasteiger partial charge is 0.273 e. The summed E-state index contributed by atoms with van der Waals surface area (Å²) in [5.74, 6) is -0.201. The van der Waals surface area contributed by atoms with E-state index in [0.29, 0.717) is 10.1 Å². The van der Waals surface area contributed by atoms with Crippen molar-refractivity contribution in [1.29, 1.82) is 0 Å². The molecule has 0 saturated heterocycles. The molecule has 0 radical (unpaired) electrons. The Balaban J connectivity index is 1.74. The predicted octanol–water partition coefficient (Wildman–Crippen LogP) is 3.21. The van der Waals surface area contributed by atoms with Gasteiger partial charge in [-0.2, -0.15) is 0 Å². The number of anilines is 1. The lowest BCUT2D eigenvalue weighted by atomic mass is 10.2. The highest BCUT2D eigenvalue weighted by molar-refractivity contribution is 7.15. The molecule has 1 amide bonds. The van der Waals surface area contributed by atoms with Crippen molar-refractivity contribution < 1.29 is 9.53 Å². The summed E-state index contributed by atoms with van der Waals surface area (Å²) in [7, 11) is 1.53. The number of imidazole rings is 1. The molecule has 23 heavy (non-hydrogen) atoms. The van der Waals surface area contributed by atoms with E-state index in [0.717, 1.165) is 22.8 Å². The quantitative estimate of drug-likeness (QED) is 0.798. The molecule has 2 aromatic heterocycles. The molecule has 0 unspecified atom stereocenters. The van der Waals surface area contributed by atoms with Crippen LogP contribution in [0.2, 0.25) is 0 Å². The fourth-order valence-corrected chi connectivity index (χ4v) is 2.74. The molecule has 2 heterocycles. The average Bonchev–Trinajstić information content (AvgIpc) is 3.16. The first-order chi connectivity index (χ1) is 11.1. The Morgan fingerprint density at radius 3 is 2.52 bits per heavy atom. The Kier molecular flexibility index (Phi) is 4.12. The van der Waals surface area contributed by atoms with Crippen LogP contribution in [0.4, 0.5) is 5.69 Å². The van der Waals surface area contributed by atoms with E-state index in [1.54, 1.807) is 6.33 Å². The van der Waals surface area contributed by atoms with Gasteiger partial charge in [0.05, 0.1) is 25.3 Å². The third-order valence-corrected chi connectivity index (χ3v) is 4.50. The number of carbonyl (C=O) groups is 1. The molecule has 0 spiro atoms. The van der Waals surface area contributed by atoms with E-state index in [1.807, 2.05) is 42.7 Å². The maximum absolute atomic E-state index is 12.1. The molecule has 0 fully saturated rings. The lowest BCUT2D eigenvalue weighted by Gasteiger charge is -2.08. The van der Waals surface area contributed by atoms with Crippen LogP contribution in [0.15, 0.2) is 36.8 Å². The Morgan fingerprint density at radius 2 is 1.96 bits per heavy atom. The van der Waals surface area contributed by atoms with Gasteiger partial charge in [0.1, 0.15) is 4.88 Å². The largest absolute Gasteiger partial charge is 0.473 e. The fourth-order valence-electron chi connectivity index (χ4n) is 2.11. The number of ether oxygens (including phenoxy) is 1. The van der Waals surface area contributed by atoms with Gasteiger partial charge in [0.15, 0.2) is 0 Å². The van der Waals surface area contributed by atoms with Crippen molar-refractivity contribution in [1.82, 2.24) is 14.5 Å². The molecule has 1 N–H and O–H groups in total. The van der Waals surface area contributed by atoms with E-state index in [2.05, 4.69) is 15.3 Å². The number of amides is 1. The lowest BCUT2D eigenvalue weighted by Crippen LogP contribution is -2.10. The highest BCUT2D eigenvalue weighted by atomic mass is 32.1. The van der Waals surface area contributed by atoms with Gasteiger partial charge in [-0.15, -0.1) is 0 Å². The van der Waals surface area contributed by atoms with Crippen molar-refractivity contribution in [3.05, 3.63) is 53.1 Å². The summed E-state index contributed by atoms with van der Waals surface area (Å²) >= 11 is 1.21. The van der Waals surface area contributed by atoms with Crippen LogP contribution in [-0.4, -0.2) is 27.6 Å². The van der Waals surface area contributed by atoms with Crippen molar-refractivity contribution in [2.75, 3.05) is 12.4 Å². The zero-order valence-corrected chi connectivity index (χ0v) is 13.8. The van der Waals surface area contributed by atoms with Crippen LogP contribution in [0, 0.1) is 13.8 Å². The van der Waals surface area contributed by atoms with E-state index in [-0.39, 0.29) is 5.91 Å². The third-order valence-electron chi connectivity index (χ3n) is 3.54. The number of nitrogens with one attached hydrogen (secondary N) is 1. The van der Waals surface area contributed by atoms with Gasteiger partial charge in [0.25, 0.3) is 11.1 Å². The average molecular weight is 328 g/mol. The van der Waals surface area contributed by atoms with E-state index >= 15 is 0 Å². The number of nitrogens with zero attached hydrogens (tertiary/aromatic N) is 3. The minimum absolute atomic E-state index is 0.201. The van der Waals surface area contributed by atoms with Crippen LogP contribution in [0.1, 0.15) is 21.1 Å². The summed E-state index contributed by atoms with van der Waals surface area (Å²) in [5, 5.41) is 3.31. The number of hydrogen-bond acceptors (Lipinski definition) is 5. The van der Waals surface area contributed by atoms with E-state index in [9.17, 15) is 4.79 Å². The van der Waals surface area contributed by atoms with Crippen molar-refractivity contribution in [2.45, 2.75) is 13.8 Å². The van der Waals surface area contributed by atoms with E-state index in [4.69, 9.17) is 4.74 Å². The monoisotopic (exact) mass is 328 g/mol. The molecule has 3 aromatic rings. The number of aromatic nitrogens is 3. The number of thiazole rings is 1. The molecule has 0 bridgehead atoms. The fraction of sp³-hybridized carbons (Fsp3) is 0.188. The second-order valence-electron chi connectivity index (χ2n) is 4.98. The number of carbonyl (C=O) groups excluding carboxylic acids is 1. The second kappa shape index (κ2) is 6.21. The third kappa shape index (κ3) is 3.09. The van der Waals surface area contributed by atoms with Gasteiger partial charge < -0.3 is 14.6 Å². The highest BCUT2D eigenvalue weighted by Gasteiger charge is 2.11. The van der Waals surface area contributed by atoms with Crippen LogP contribution < -0.4 is 10.1 Å². The minimum Gasteiger partial charge on any atom is -0.473 e. The number of methoxy groups -OCH3 is 1. The molecule has 0 aliphatic carbocycles. The predicted molar refractivity (Wildman–Crippen MR) is 89.7 cm³/mol. The highest BCUT2D eigenvalue weighted by Crippen LogP contribution is 2.22. The second-order valence-corrected chi connectivity index (χ2v) is 5.97. The first kappa shape index (κ1) is 15.2. The standard InChI is InChI=1S/C16H16N4O2S/c1-10-11(2)20(9-18-10)13-6-4-12(5-7-13)19-15(21)14-8-17-16(22-3)23-14/h4-9H,1-3H3,(H,19,21). The van der Waals surface area contributed by atoms with Crippen LogP contribution >= 0.6 is 11.3 Å². The molecular weight excluding hydrogens is 312 g/mol. The summed E-state index contributed by atoms with van der Waals surface area (Å²) < 4.78 is 7.00. The summed E-state index contributed by atoms with van der Waals surface area (Å²) in [4.78, 5) is 20.9. The molecule has 1 aromatic carbocycles. The zero-order valence-electron chi connectivity index (χ0n) is 13.0. The Hall–Kier alpha value is -2.67. The molecule has 0 aliphatic rings. The lowest BCUT2D eigenvalue weighted by molar-refractivity contribution is 0.103. The van der Waals surface area contributed by atoms with Gasteiger partial charge in [-0.25, -0.2) is 9.97 Å². The first-order valence-corrected chi connectivity index (χ1v) is 7.82. The zero-order chi connectivity index (χ0) is 16.4. The molecule has 3 rings (SSSR count). The van der Waals surface area contributed by atoms with Crippen LogP contribution in [0.25, 0.3) is 5.69 Å². The number of rotatable bonds is 4. The van der Waals surface area contributed by atoms with Crippen molar-refractivity contribution >= 4 is 22.9 Å². The van der Waals surface area contributed by atoms with Gasteiger partial charge in [-0.05, 0) is 38.1 Å². The first-order valence-electron chi connectivity index (χ1n) is 7.00. The topological polar surface area (TPSA) is 69.0 Å². The van der Waals surface area contributed by atoms with Crippen molar-refractivity contribution in [3.63, 3.8) is 0 Å². The maximum atomic E-state index is 12.1. The summed E-state index contributed by atoms with van der Waals surface area (Å²) in [6.07, 6.45) is 3.30. The molecule has 118 valence electrons. The summed E-state index contributed by atoms with van der Waals surface area (Å²) in [6, 6.07) is 7.61. The van der Waals surface area contributed by atoms with Crippen molar-refractivity contribution in [3.8, 4) is 10.9 Å². The van der Waals surface area contributed by atoms with Crippen LogP contribution in [0.3, 0.4) is 0 Å². The number of aryl methyl sites for hydroxylation is 1. The molecule has 7 heteroatoms. The summed E-state index contributed by atoms with van der Waals surface area (Å²) in [6.45, 7) is 4.00. The number of benzene rings is 1. The number of hydrogen-bond donors (Lipinski definition) is 1. The van der Waals surface area contributed by atoms with Gasteiger partial charge >= 0.3 is 0 Å².